The normalized spacial score (nSPS) is 15.4. The van der Waals surface area contributed by atoms with Crippen molar-refractivity contribution < 1.29 is 14.3 Å². The molecule has 0 unspecified atom stereocenters. The second-order valence-electron chi connectivity index (χ2n) is 6.92. The summed E-state index contributed by atoms with van der Waals surface area (Å²) in [6.45, 7) is 8.71. The first-order chi connectivity index (χ1) is 10.6. The molecule has 5 heteroatoms. The molecule has 0 bridgehead atoms. The highest BCUT2D eigenvalue weighted by Crippen LogP contribution is 2.24. The lowest BCUT2D eigenvalue weighted by atomic mass is 9.86. The molecule has 0 spiro atoms. The van der Waals surface area contributed by atoms with Crippen LogP contribution in [-0.2, 0) is 9.53 Å². The van der Waals surface area contributed by atoms with E-state index in [0.717, 1.165) is 5.56 Å². The molecule has 0 aromatic heterocycles. The van der Waals surface area contributed by atoms with E-state index in [0.29, 0.717) is 6.42 Å². The number of amides is 1. The first kappa shape index (κ1) is 19.2. The molecule has 0 heterocycles. The summed E-state index contributed by atoms with van der Waals surface area (Å²) in [4.78, 5) is 23.9. The zero-order chi connectivity index (χ0) is 17.6. The standard InChI is InChI=1S/C18H28N2O3/c1-12(19)15(14-9-7-6-8-10-14)11-16(13(2)21)20-17(22)23-18(3,4)5/h6-10,12,15-16H,11,19H2,1-5H3,(H,20,22)/t12-,15-,16+/m1/s1. The molecule has 1 aromatic carbocycles. The van der Waals surface area contributed by atoms with Gasteiger partial charge in [-0.1, -0.05) is 30.3 Å². The van der Waals surface area contributed by atoms with Gasteiger partial charge in [-0.2, -0.15) is 0 Å². The van der Waals surface area contributed by atoms with Gasteiger partial charge in [0.05, 0.1) is 6.04 Å². The minimum atomic E-state index is -0.624. The number of benzene rings is 1. The van der Waals surface area contributed by atoms with Crippen LogP contribution in [0.15, 0.2) is 30.3 Å². The van der Waals surface area contributed by atoms with Gasteiger partial charge in [0.25, 0.3) is 0 Å². The molecule has 1 amide bonds. The predicted molar refractivity (Wildman–Crippen MR) is 91.3 cm³/mol. The fraction of sp³-hybridized carbons (Fsp3) is 0.556. The highest BCUT2D eigenvalue weighted by atomic mass is 16.6. The SMILES string of the molecule is CC(=O)[C@H](C[C@@H](c1ccccc1)[C@@H](C)N)NC(=O)OC(C)(C)C. The number of hydrogen-bond donors (Lipinski definition) is 2. The van der Waals surface area contributed by atoms with Crippen molar-refractivity contribution in [3.05, 3.63) is 35.9 Å². The molecule has 1 aromatic rings. The minimum Gasteiger partial charge on any atom is -0.444 e. The van der Waals surface area contributed by atoms with Gasteiger partial charge in [0, 0.05) is 12.0 Å². The van der Waals surface area contributed by atoms with Crippen molar-refractivity contribution in [2.75, 3.05) is 0 Å². The lowest BCUT2D eigenvalue weighted by Crippen LogP contribution is -2.44. The predicted octanol–water partition coefficient (Wildman–Crippen LogP) is 2.99. The van der Waals surface area contributed by atoms with E-state index in [1.165, 1.54) is 6.92 Å². The summed E-state index contributed by atoms with van der Waals surface area (Å²) in [5.74, 6) is -0.141. The smallest absolute Gasteiger partial charge is 0.408 e. The summed E-state index contributed by atoms with van der Waals surface area (Å²) >= 11 is 0. The second kappa shape index (κ2) is 8.11. The summed E-state index contributed by atoms with van der Waals surface area (Å²) < 4.78 is 5.23. The Hall–Kier alpha value is -1.88. The quantitative estimate of drug-likeness (QED) is 0.844. The molecule has 0 aliphatic carbocycles. The average Bonchev–Trinajstić information content (AvgIpc) is 2.41. The van der Waals surface area contributed by atoms with Gasteiger partial charge in [-0.05, 0) is 46.6 Å². The van der Waals surface area contributed by atoms with Crippen LogP contribution in [0.1, 0.15) is 52.5 Å². The van der Waals surface area contributed by atoms with Gasteiger partial charge in [-0.25, -0.2) is 4.79 Å². The molecule has 0 aliphatic rings. The zero-order valence-electron chi connectivity index (χ0n) is 14.6. The Bertz CT molecular complexity index is 521. The zero-order valence-corrected chi connectivity index (χ0v) is 14.6. The van der Waals surface area contributed by atoms with E-state index < -0.39 is 17.7 Å². The van der Waals surface area contributed by atoms with Crippen LogP contribution in [0.25, 0.3) is 0 Å². The van der Waals surface area contributed by atoms with Gasteiger partial charge in [0.15, 0.2) is 5.78 Å². The first-order valence-corrected chi connectivity index (χ1v) is 7.90. The number of hydrogen-bond acceptors (Lipinski definition) is 4. The van der Waals surface area contributed by atoms with Gasteiger partial charge in [0.1, 0.15) is 5.60 Å². The molecule has 0 saturated carbocycles. The number of alkyl carbamates (subject to hydrolysis) is 1. The number of nitrogens with two attached hydrogens (primary N) is 1. The topological polar surface area (TPSA) is 81.4 Å². The van der Waals surface area contributed by atoms with Crippen LogP contribution in [0.3, 0.4) is 0 Å². The molecule has 3 N–H and O–H groups in total. The monoisotopic (exact) mass is 320 g/mol. The highest BCUT2D eigenvalue weighted by molar-refractivity contribution is 5.85. The maximum atomic E-state index is 11.9. The summed E-state index contributed by atoms with van der Waals surface area (Å²) in [6.07, 6.45) is -0.148. The number of carbonyl (C=O) groups excluding carboxylic acids is 2. The van der Waals surface area contributed by atoms with Gasteiger partial charge in [0.2, 0.25) is 0 Å². The Kier molecular flexibility index (Phi) is 6.76. The lowest BCUT2D eigenvalue weighted by Gasteiger charge is -2.27. The molecule has 5 nitrogen and oxygen atoms in total. The van der Waals surface area contributed by atoms with Crippen molar-refractivity contribution in [3.8, 4) is 0 Å². The van der Waals surface area contributed by atoms with Gasteiger partial charge in [-0.15, -0.1) is 0 Å². The van der Waals surface area contributed by atoms with Crippen LogP contribution < -0.4 is 11.1 Å². The second-order valence-corrected chi connectivity index (χ2v) is 6.92. The Morgan fingerprint density at radius 2 is 1.78 bits per heavy atom. The summed E-state index contributed by atoms with van der Waals surface area (Å²) in [5, 5.41) is 2.66. The molecular weight excluding hydrogens is 292 g/mol. The van der Waals surface area contributed by atoms with Crippen molar-refractivity contribution in [2.45, 2.75) is 64.6 Å². The number of rotatable bonds is 6. The van der Waals surface area contributed by atoms with E-state index in [1.54, 1.807) is 20.8 Å². The number of Topliss-reactive ketones (excluding diaryl/α,β-unsaturated/α-hetero) is 1. The summed E-state index contributed by atoms with van der Waals surface area (Å²) in [6, 6.07) is 9.02. The average molecular weight is 320 g/mol. The van der Waals surface area contributed by atoms with E-state index in [9.17, 15) is 9.59 Å². The number of carbonyl (C=O) groups is 2. The van der Waals surface area contributed by atoms with Crippen molar-refractivity contribution >= 4 is 11.9 Å². The summed E-state index contributed by atoms with van der Waals surface area (Å²) in [7, 11) is 0. The molecule has 0 saturated heterocycles. The van der Waals surface area contributed by atoms with E-state index >= 15 is 0 Å². The number of nitrogens with one attached hydrogen (secondary N) is 1. The molecule has 3 atom stereocenters. The van der Waals surface area contributed by atoms with E-state index in [-0.39, 0.29) is 17.7 Å². The van der Waals surface area contributed by atoms with Crippen molar-refractivity contribution in [2.24, 2.45) is 5.73 Å². The molecular formula is C18H28N2O3. The first-order valence-electron chi connectivity index (χ1n) is 7.90. The Morgan fingerprint density at radius 3 is 2.22 bits per heavy atom. The lowest BCUT2D eigenvalue weighted by molar-refractivity contribution is -0.119. The van der Waals surface area contributed by atoms with Crippen molar-refractivity contribution in [3.63, 3.8) is 0 Å². The van der Waals surface area contributed by atoms with Gasteiger partial charge >= 0.3 is 6.09 Å². The van der Waals surface area contributed by atoms with Gasteiger partial charge in [-0.3, -0.25) is 4.79 Å². The molecule has 0 aliphatic heterocycles. The van der Waals surface area contributed by atoms with E-state index in [2.05, 4.69) is 5.32 Å². The van der Waals surface area contributed by atoms with Crippen LogP contribution >= 0.6 is 0 Å². The van der Waals surface area contributed by atoms with E-state index in [4.69, 9.17) is 10.5 Å². The number of ketones is 1. The highest BCUT2D eigenvalue weighted by Gasteiger charge is 2.27. The van der Waals surface area contributed by atoms with Crippen LogP contribution in [-0.4, -0.2) is 29.6 Å². The van der Waals surface area contributed by atoms with Crippen LogP contribution in [0.2, 0.25) is 0 Å². The summed E-state index contributed by atoms with van der Waals surface area (Å²) in [5.41, 5.74) is 6.54. The van der Waals surface area contributed by atoms with E-state index in [1.807, 2.05) is 37.3 Å². The molecule has 0 radical (unpaired) electrons. The fourth-order valence-corrected chi connectivity index (χ4v) is 2.38. The Morgan fingerprint density at radius 1 is 1.22 bits per heavy atom. The van der Waals surface area contributed by atoms with Gasteiger partial charge < -0.3 is 15.8 Å². The maximum absolute atomic E-state index is 11.9. The molecule has 23 heavy (non-hydrogen) atoms. The van der Waals surface area contributed by atoms with Crippen molar-refractivity contribution in [1.29, 1.82) is 0 Å². The minimum absolute atomic E-state index is 0.0277. The molecule has 1 rings (SSSR count). The Balaban J connectivity index is 2.84. The molecule has 128 valence electrons. The molecule has 0 fully saturated rings. The van der Waals surface area contributed by atoms with Crippen molar-refractivity contribution in [1.82, 2.24) is 5.32 Å². The van der Waals surface area contributed by atoms with Crippen LogP contribution in [0.5, 0.6) is 0 Å². The fourth-order valence-electron chi connectivity index (χ4n) is 2.38. The van der Waals surface area contributed by atoms with Crippen LogP contribution in [0.4, 0.5) is 4.79 Å². The third-order valence-electron chi connectivity index (χ3n) is 3.53. The third-order valence-corrected chi connectivity index (χ3v) is 3.53. The maximum Gasteiger partial charge on any atom is 0.408 e. The Labute approximate surface area is 138 Å². The largest absolute Gasteiger partial charge is 0.444 e. The third kappa shape index (κ3) is 6.82. The number of ether oxygens (including phenoxy) is 1. The van der Waals surface area contributed by atoms with Crippen LogP contribution in [0, 0.1) is 0 Å².